The molecule has 0 radical (unpaired) electrons. The van der Waals surface area contributed by atoms with Crippen LogP contribution in [0.2, 0.25) is 0 Å². The Hall–Kier alpha value is -1.09. The van der Waals surface area contributed by atoms with Gasteiger partial charge in [0, 0.05) is 23.7 Å². The van der Waals surface area contributed by atoms with Crippen LogP contribution in [-0.4, -0.2) is 12.6 Å². The van der Waals surface area contributed by atoms with Gasteiger partial charge in [0.1, 0.15) is 11.6 Å². The lowest BCUT2D eigenvalue weighted by molar-refractivity contribution is 0.326. The van der Waals surface area contributed by atoms with Gasteiger partial charge in [0.2, 0.25) is 0 Å². The quantitative estimate of drug-likeness (QED) is 0.820. The van der Waals surface area contributed by atoms with Gasteiger partial charge < -0.3 is 10.1 Å². The van der Waals surface area contributed by atoms with E-state index in [-0.39, 0.29) is 11.4 Å². The standard InChI is InChI=1S/C14H22FNO/c1-5-14(3,6-2)16-10-11-7-8-12(17-4)9-13(11)15/h7-9,16H,5-6,10H2,1-4H3. The molecule has 0 spiro atoms. The third-order valence-electron chi connectivity index (χ3n) is 3.53. The van der Waals surface area contributed by atoms with E-state index in [4.69, 9.17) is 4.74 Å². The Labute approximate surface area is 103 Å². The topological polar surface area (TPSA) is 21.3 Å². The highest BCUT2D eigenvalue weighted by molar-refractivity contribution is 5.28. The fraction of sp³-hybridized carbons (Fsp3) is 0.571. The summed E-state index contributed by atoms with van der Waals surface area (Å²) < 4.78 is 18.7. The molecule has 1 N–H and O–H groups in total. The van der Waals surface area contributed by atoms with Crippen LogP contribution >= 0.6 is 0 Å². The maximum Gasteiger partial charge on any atom is 0.131 e. The lowest BCUT2D eigenvalue weighted by Crippen LogP contribution is -2.40. The normalized spacial score (nSPS) is 11.6. The van der Waals surface area contributed by atoms with Crippen LogP contribution in [0.1, 0.15) is 39.2 Å². The zero-order valence-electron chi connectivity index (χ0n) is 11.1. The van der Waals surface area contributed by atoms with Crippen molar-refractivity contribution in [2.24, 2.45) is 0 Å². The zero-order valence-corrected chi connectivity index (χ0v) is 11.1. The summed E-state index contributed by atoms with van der Waals surface area (Å²) in [5.74, 6) is 0.339. The van der Waals surface area contributed by atoms with Crippen molar-refractivity contribution in [3.8, 4) is 5.75 Å². The molecule has 1 rings (SSSR count). The van der Waals surface area contributed by atoms with Crippen molar-refractivity contribution in [2.45, 2.75) is 45.7 Å². The van der Waals surface area contributed by atoms with Gasteiger partial charge in [-0.1, -0.05) is 19.9 Å². The predicted molar refractivity (Wildman–Crippen MR) is 68.8 cm³/mol. The molecular weight excluding hydrogens is 217 g/mol. The Balaban J connectivity index is 2.69. The minimum Gasteiger partial charge on any atom is -0.497 e. The van der Waals surface area contributed by atoms with Gasteiger partial charge in [0.15, 0.2) is 0 Å². The Morgan fingerprint density at radius 1 is 1.29 bits per heavy atom. The second-order valence-corrected chi connectivity index (χ2v) is 4.58. The summed E-state index contributed by atoms with van der Waals surface area (Å²) in [4.78, 5) is 0. The first kappa shape index (κ1) is 14.0. The molecule has 0 fully saturated rings. The molecule has 0 saturated carbocycles. The average molecular weight is 239 g/mol. The van der Waals surface area contributed by atoms with Crippen LogP contribution in [0.15, 0.2) is 18.2 Å². The number of benzene rings is 1. The van der Waals surface area contributed by atoms with Gasteiger partial charge in [-0.15, -0.1) is 0 Å². The Morgan fingerprint density at radius 3 is 2.41 bits per heavy atom. The van der Waals surface area contributed by atoms with Crippen molar-refractivity contribution < 1.29 is 9.13 Å². The van der Waals surface area contributed by atoms with E-state index in [1.165, 1.54) is 13.2 Å². The average Bonchev–Trinajstić information content (AvgIpc) is 2.36. The van der Waals surface area contributed by atoms with Crippen molar-refractivity contribution in [3.05, 3.63) is 29.6 Å². The predicted octanol–water partition coefficient (Wildman–Crippen LogP) is 3.50. The van der Waals surface area contributed by atoms with E-state index in [1.807, 2.05) is 0 Å². The summed E-state index contributed by atoms with van der Waals surface area (Å²) in [7, 11) is 1.54. The van der Waals surface area contributed by atoms with E-state index in [1.54, 1.807) is 12.1 Å². The smallest absolute Gasteiger partial charge is 0.131 e. The first-order valence-corrected chi connectivity index (χ1v) is 6.12. The highest BCUT2D eigenvalue weighted by atomic mass is 19.1. The number of rotatable bonds is 6. The summed E-state index contributed by atoms with van der Waals surface area (Å²) in [5, 5.41) is 3.41. The monoisotopic (exact) mass is 239 g/mol. The fourth-order valence-corrected chi connectivity index (χ4v) is 1.61. The first-order chi connectivity index (χ1) is 8.04. The van der Waals surface area contributed by atoms with E-state index < -0.39 is 0 Å². The summed E-state index contributed by atoms with van der Waals surface area (Å²) in [6.07, 6.45) is 2.06. The van der Waals surface area contributed by atoms with Gasteiger partial charge in [0.25, 0.3) is 0 Å². The van der Waals surface area contributed by atoms with E-state index in [0.29, 0.717) is 17.9 Å². The van der Waals surface area contributed by atoms with Crippen molar-refractivity contribution in [1.29, 1.82) is 0 Å². The van der Waals surface area contributed by atoms with Crippen LogP contribution in [0.4, 0.5) is 4.39 Å². The Morgan fingerprint density at radius 2 is 1.94 bits per heavy atom. The molecule has 0 aliphatic heterocycles. The maximum atomic E-state index is 13.7. The molecule has 0 saturated heterocycles. The van der Waals surface area contributed by atoms with Crippen molar-refractivity contribution in [3.63, 3.8) is 0 Å². The molecule has 1 aromatic carbocycles. The Bertz CT molecular complexity index is 361. The second-order valence-electron chi connectivity index (χ2n) is 4.58. The number of methoxy groups -OCH3 is 1. The molecule has 0 amide bonds. The van der Waals surface area contributed by atoms with Crippen molar-refractivity contribution in [2.75, 3.05) is 7.11 Å². The van der Waals surface area contributed by atoms with Crippen LogP contribution in [0.25, 0.3) is 0 Å². The molecule has 0 atom stereocenters. The molecule has 3 heteroatoms. The third kappa shape index (κ3) is 3.70. The van der Waals surface area contributed by atoms with Crippen molar-refractivity contribution in [1.82, 2.24) is 5.32 Å². The van der Waals surface area contributed by atoms with Crippen LogP contribution in [0.3, 0.4) is 0 Å². The number of hydrogen-bond donors (Lipinski definition) is 1. The zero-order chi connectivity index (χ0) is 12.9. The SMILES string of the molecule is CCC(C)(CC)NCc1ccc(OC)cc1F. The maximum absolute atomic E-state index is 13.7. The molecule has 0 aliphatic rings. The molecule has 0 bridgehead atoms. The molecule has 0 heterocycles. The molecule has 0 aromatic heterocycles. The molecule has 17 heavy (non-hydrogen) atoms. The minimum atomic E-state index is -0.216. The number of nitrogens with one attached hydrogen (secondary N) is 1. The summed E-state index contributed by atoms with van der Waals surface area (Å²) >= 11 is 0. The largest absolute Gasteiger partial charge is 0.497 e. The summed E-state index contributed by atoms with van der Waals surface area (Å²) in [6.45, 7) is 6.99. The van der Waals surface area contributed by atoms with Gasteiger partial charge in [-0.05, 0) is 25.8 Å². The highest BCUT2D eigenvalue weighted by Gasteiger charge is 2.18. The van der Waals surface area contributed by atoms with Crippen LogP contribution in [0, 0.1) is 5.82 Å². The fourth-order valence-electron chi connectivity index (χ4n) is 1.61. The van der Waals surface area contributed by atoms with Crippen LogP contribution < -0.4 is 10.1 Å². The van der Waals surface area contributed by atoms with E-state index in [2.05, 4.69) is 26.1 Å². The van der Waals surface area contributed by atoms with Gasteiger partial charge in [-0.2, -0.15) is 0 Å². The van der Waals surface area contributed by atoms with E-state index in [0.717, 1.165) is 12.8 Å². The molecular formula is C14H22FNO. The first-order valence-electron chi connectivity index (χ1n) is 6.12. The highest BCUT2D eigenvalue weighted by Crippen LogP contribution is 2.19. The lowest BCUT2D eigenvalue weighted by atomic mass is 9.95. The third-order valence-corrected chi connectivity index (χ3v) is 3.53. The van der Waals surface area contributed by atoms with Gasteiger partial charge in [0.05, 0.1) is 7.11 Å². The summed E-state index contributed by atoms with van der Waals surface area (Å²) in [5.41, 5.74) is 0.755. The molecule has 96 valence electrons. The number of hydrogen-bond acceptors (Lipinski definition) is 2. The second kappa shape index (κ2) is 6.01. The molecule has 0 unspecified atom stereocenters. The van der Waals surface area contributed by atoms with Crippen LogP contribution in [-0.2, 0) is 6.54 Å². The van der Waals surface area contributed by atoms with Gasteiger partial charge in [-0.3, -0.25) is 0 Å². The number of halogens is 1. The van der Waals surface area contributed by atoms with Crippen LogP contribution in [0.5, 0.6) is 5.75 Å². The number of ether oxygens (including phenoxy) is 1. The minimum absolute atomic E-state index is 0.0758. The molecule has 1 aromatic rings. The van der Waals surface area contributed by atoms with E-state index >= 15 is 0 Å². The van der Waals surface area contributed by atoms with Gasteiger partial charge in [-0.25, -0.2) is 4.39 Å². The summed E-state index contributed by atoms with van der Waals surface area (Å²) in [6, 6.07) is 4.98. The lowest BCUT2D eigenvalue weighted by Gasteiger charge is -2.28. The molecule has 0 aliphatic carbocycles. The van der Waals surface area contributed by atoms with E-state index in [9.17, 15) is 4.39 Å². The Kier molecular flexibility index (Phi) is 4.94. The molecule has 2 nitrogen and oxygen atoms in total. The van der Waals surface area contributed by atoms with Crippen molar-refractivity contribution >= 4 is 0 Å². The van der Waals surface area contributed by atoms with Gasteiger partial charge >= 0.3 is 0 Å².